The molecule has 2 aliphatic rings. The molecule has 0 radical (unpaired) electrons. The van der Waals surface area contributed by atoms with Crippen molar-refractivity contribution in [2.75, 3.05) is 11.5 Å². The van der Waals surface area contributed by atoms with E-state index in [0.29, 0.717) is 6.42 Å². The molecule has 0 spiro atoms. The van der Waals surface area contributed by atoms with Gasteiger partial charge in [-0.1, -0.05) is 18.2 Å². The van der Waals surface area contributed by atoms with Gasteiger partial charge in [0.25, 0.3) is 5.91 Å². The van der Waals surface area contributed by atoms with Gasteiger partial charge in [0.05, 0.1) is 17.2 Å². The van der Waals surface area contributed by atoms with E-state index in [9.17, 15) is 18.0 Å². The number of nitrogens with one attached hydrogen (secondary N) is 1. The summed E-state index contributed by atoms with van der Waals surface area (Å²) in [5, 5.41) is 7.12. The minimum atomic E-state index is -3.10. The van der Waals surface area contributed by atoms with Gasteiger partial charge in [-0.2, -0.15) is 5.10 Å². The summed E-state index contributed by atoms with van der Waals surface area (Å²) in [5.74, 6) is -1.15. The average molecular weight is 417 g/mol. The lowest BCUT2D eigenvalue weighted by Gasteiger charge is -2.16. The van der Waals surface area contributed by atoms with Crippen LogP contribution in [0.3, 0.4) is 0 Å². The second kappa shape index (κ2) is 7.62. The van der Waals surface area contributed by atoms with Gasteiger partial charge in [-0.3, -0.25) is 4.79 Å². The van der Waals surface area contributed by atoms with Gasteiger partial charge in [0.1, 0.15) is 0 Å². The lowest BCUT2D eigenvalue weighted by atomic mass is 10.2. The summed E-state index contributed by atoms with van der Waals surface area (Å²) in [7, 11) is -3.10. The van der Waals surface area contributed by atoms with Crippen LogP contribution in [0, 0.1) is 0 Å². The van der Waals surface area contributed by atoms with Crippen LogP contribution in [0.1, 0.15) is 41.5 Å². The topological polar surface area (TPSA) is 107 Å². The van der Waals surface area contributed by atoms with E-state index in [1.807, 2.05) is 30.3 Å². The number of para-hydroxylation sites is 1. The SMILES string of the molecule is C[C@@H](OC(=O)c1nn(-c2ccccc2)c2c1CCC2)C(=O)N[C@H]1CCS(=O)(=O)C1. The Bertz CT molecular complexity index is 1050. The molecule has 0 bridgehead atoms. The minimum Gasteiger partial charge on any atom is -0.448 e. The van der Waals surface area contributed by atoms with Gasteiger partial charge >= 0.3 is 5.97 Å². The van der Waals surface area contributed by atoms with Crippen LogP contribution in [0.4, 0.5) is 0 Å². The molecule has 1 saturated heterocycles. The summed E-state index contributed by atoms with van der Waals surface area (Å²) in [6.45, 7) is 1.48. The number of ether oxygens (including phenoxy) is 1. The molecule has 1 fully saturated rings. The Morgan fingerprint density at radius 3 is 2.69 bits per heavy atom. The van der Waals surface area contributed by atoms with E-state index in [-0.39, 0.29) is 17.2 Å². The third-order valence-corrected chi connectivity index (χ3v) is 7.12. The van der Waals surface area contributed by atoms with Crippen molar-refractivity contribution in [1.29, 1.82) is 0 Å². The predicted molar refractivity (Wildman–Crippen MR) is 106 cm³/mol. The highest BCUT2D eigenvalue weighted by Crippen LogP contribution is 2.28. The number of sulfone groups is 1. The molecule has 0 unspecified atom stereocenters. The van der Waals surface area contributed by atoms with Gasteiger partial charge in [0.2, 0.25) is 0 Å². The zero-order valence-corrected chi connectivity index (χ0v) is 16.9. The van der Waals surface area contributed by atoms with Crippen LogP contribution < -0.4 is 5.32 Å². The lowest BCUT2D eigenvalue weighted by Crippen LogP contribution is -2.42. The Kier molecular flexibility index (Phi) is 5.16. The van der Waals surface area contributed by atoms with Gasteiger partial charge in [0, 0.05) is 17.3 Å². The van der Waals surface area contributed by atoms with Gasteiger partial charge < -0.3 is 10.1 Å². The number of amides is 1. The van der Waals surface area contributed by atoms with Crippen molar-refractivity contribution in [2.45, 2.75) is 44.8 Å². The molecule has 4 rings (SSSR count). The van der Waals surface area contributed by atoms with Crippen molar-refractivity contribution in [2.24, 2.45) is 0 Å². The monoisotopic (exact) mass is 417 g/mol. The highest BCUT2D eigenvalue weighted by atomic mass is 32.2. The number of carbonyl (C=O) groups excluding carboxylic acids is 2. The summed E-state index contributed by atoms with van der Waals surface area (Å²) in [6.07, 6.45) is 1.85. The molecule has 1 aliphatic heterocycles. The molecule has 1 amide bonds. The molecule has 2 aromatic rings. The Balaban J connectivity index is 1.47. The smallest absolute Gasteiger partial charge is 0.359 e. The molecule has 0 saturated carbocycles. The van der Waals surface area contributed by atoms with Crippen molar-refractivity contribution >= 4 is 21.7 Å². The standard InChI is InChI=1S/C20H23N3O5S/c1-13(19(24)21-14-10-11-29(26,27)12-14)28-20(25)18-16-8-5-9-17(16)23(22-18)15-6-3-2-4-7-15/h2-4,6-7,13-14H,5,8-12H2,1H3,(H,21,24)/t13-,14+/m1/s1. The van der Waals surface area contributed by atoms with Crippen molar-refractivity contribution in [3.63, 3.8) is 0 Å². The van der Waals surface area contributed by atoms with Crippen LogP contribution in [0.5, 0.6) is 0 Å². The fourth-order valence-corrected chi connectivity index (χ4v) is 5.55. The first kappa shape index (κ1) is 19.6. The Hall–Kier alpha value is -2.68. The molecule has 1 N–H and O–H groups in total. The molecule has 1 aromatic carbocycles. The first-order valence-electron chi connectivity index (χ1n) is 9.72. The highest BCUT2D eigenvalue weighted by molar-refractivity contribution is 7.91. The number of benzene rings is 1. The number of rotatable bonds is 5. The zero-order valence-electron chi connectivity index (χ0n) is 16.1. The van der Waals surface area contributed by atoms with Crippen molar-refractivity contribution in [3.05, 3.63) is 47.3 Å². The van der Waals surface area contributed by atoms with E-state index < -0.39 is 33.9 Å². The van der Waals surface area contributed by atoms with E-state index >= 15 is 0 Å². The predicted octanol–water partition coefficient (Wildman–Crippen LogP) is 1.21. The number of esters is 1. The summed E-state index contributed by atoms with van der Waals surface area (Å²) in [4.78, 5) is 25.1. The molecule has 2 atom stereocenters. The molecular weight excluding hydrogens is 394 g/mol. The van der Waals surface area contributed by atoms with Crippen LogP contribution in [0.25, 0.3) is 5.69 Å². The Labute approximate surface area is 169 Å². The number of aromatic nitrogens is 2. The third-order valence-electron chi connectivity index (χ3n) is 5.36. The Morgan fingerprint density at radius 2 is 2.00 bits per heavy atom. The van der Waals surface area contributed by atoms with E-state index in [4.69, 9.17) is 4.74 Å². The summed E-state index contributed by atoms with van der Waals surface area (Å²) in [5.41, 5.74) is 2.98. The molecular formula is C20H23N3O5S. The maximum absolute atomic E-state index is 12.7. The minimum absolute atomic E-state index is 0.0647. The molecule has 1 aromatic heterocycles. The van der Waals surface area contributed by atoms with Gasteiger partial charge in [-0.15, -0.1) is 0 Å². The molecule has 154 valence electrons. The summed E-state index contributed by atoms with van der Waals surface area (Å²) in [6, 6.07) is 9.14. The number of carbonyl (C=O) groups is 2. The van der Waals surface area contributed by atoms with Crippen LogP contribution >= 0.6 is 0 Å². The number of nitrogens with zero attached hydrogens (tertiary/aromatic N) is 2. The first-order valence-corrected chi connectivity index (χ1v) is 11.5. The van der Waals surface area contributed by atoms with Gasteiger partial charge in [0.15, 0.2) is 21.6 Å². The fourth-order valence-electron chi connectivity index (χ4n) is 3.88. The average Bonchev–Trinajstić information content (AvgIpc) is 3.37. The number of fused-ring (bicyclic) bond motifs is 1. The van der Waals surface area contributed by atoms with E-state index in [1.54, 1.807) is 4.68 Å². The van der Waals surface area contributed by atoms with Crippen molar-refractivity contribution < 1.29 is 22.7 Å². The second-order valence-corrected chi connectivity index (χ2v) is 9.76. The number of hydrogen-bond donors (Lipinski definition) is 1. The van der Waals surface area contributed by atoms with E-state index in [0.717, 1.165) is 36.2 Å². The summed E-state index contributed by atoms with van der Waals surface area (Å²) < 4.78 is 30.2. The quantitative estimate of drug-likeness (QED) is 0.733. The molecule has 8 nitrogen and oxygen atoms in total. The zero-order chi connectivity index (χ0) is 20.6. The van der Waals surface area contributed by atoms with Crippen molar-refractivity contribution in [1.82, 2.24) is 15.1 Å². The normalized spacial score (nSPS) is 20.8. The van der Waals surface area contributed by atoms with Crippen LogP contribution in [-0.4, -0.2) is 53.7 Å². The third kappa shape index (κ3) is 4.05. The van der Waals surface area contributed by atoms with E-state index in [2.05, 4.69) is 10.4 Å². The van der Waals surface area contributed by atoms with Gasteiger partial charge in [-0.25, -0.2) is 17.9 Å². The second-order valence-electron chi connectivity index (χ2n) is 7.53. The number of hydrogen-bond acceptors (Lipinski definition) is 6. The molecule has 1 aliphatic carbocycles. The Morgan fingerprint density at radius 1 is 1.24 bits per heavy atom. The maximum Gasteiger partial charge on any atom is 0.359 e. The van der Waals surface area contributed by atoms with Crippen LogP contribution in [0.15, 0.2) is 30.3 Å². The molecule has 29 heavy (non-hydrogen) atoms. The fraction of sp³-hybridized carbons (Fsp3) is 0.450. The molecule has 2 heterocycles. The van der Waals surface area contributed by atoms with E-state index in [1.165, 1.54) is 6.92 Å². The van der Waals surface area contributed by atoms with Crippen molar-refractivity contribution in [3.8, 4) is 5.69 Å². The van der Waals surface area contributed by atoms with Gasteiger partial charge in [-0.05, 0) is 44.7 Å². The first-order chi connectivity index (χ1) is 13.8. The highest BCUT2D eigenvalue weighted by Gasteiger charge is 2.32. The summed E-state index contributed by atoms with van der Waals surface area (Å²) >= 11 is 0. The molecule has 9 heteroatoms. The largest absolute Gasteiger partial charge is 0.448 e. The van der Waals surface area contributed by atoms with Crippen LogP contribution in [0.2, 0.25) is 0 Å². The maximum atomic E-state index is 12.7. The van der Waals surface area contributed by atoms with Crippen LogP contribution in [-0.2, 0) is 32.2 Å². The lowest BCUT2D eigenvalue weighted by molar-refractivity contribution is -0.129.